The van der Waals surface area contributed by atoms with Gasteiger partial charge >= 0.3 is 0 Å². The van der Waals surface area contributed by atoms with Gasteiger partial charge in [-0.05, 0) is 177 Å². The van der Waals surface area contributed by atoms with Crippen molar-refractivity contribution in [3.05, 3.63) is 340 Å². The van der Waals surface area contributed by atoms with Crippen LogP contribution in [-0.4, -0.2) is 21.5 Å². The molecule has 0 saturated carbocycles. The minimum Gasteiger partial charge on any atom is -0.458 e. The molecular formula is C86H62B2N6OSi. The Morgan fingerprint density at radius 2 is 0.615 bits per heavy atom. The molecule has 7 nitrogen and oxygen atoms in total. The van der Waals surface area contributed by atoms with Crippen molar-refractivity contribution < 1.29 is 4.74 Å². The topological polar surface area (TPSA) is 28.7 Å². The van der Waals surface area contributed by atoms with E-state index in [-0.39, 0.29) is 13.4 Å². The number of rotatable bonds is 10. The van der Waals surface area contributed by atoms with E-state index in [1.54, 1.807) is 0 Å². The van der Waals surface area contributed by atoms with Crippen LogP contribution in [0.25, 0.3) is 0 Å². The minimum absolute atomic E-state index is 0.189. The summed E-state index contributed by atoms with van der Waals surface area (Å²) < 4.78 is 7.81. The predicted molar refractivity (Wildman–Crippen MR) is 407 cm³/mol. The summed E-state index contributed by atoms with van der Waals surface area (Å²) in [5, 5.41) is 2.79. The number of hydrogen-bond acceptors (Lipinski definition) is 7. The highest BCUT2D eigenvalue weighted by atomic mass is 28.3. The molecule has 0 amide bonds. The van der Waals surface area contributed by atoms with Crippen LogP contribution in [0.4, 0.5) is 102 Å². The molecule has 0 aliphatic carbocycles. The number of nitrogens with zero attached hydrogens (tertiary/aromatic N) is 6. The van der Waals surface area contributed by atoms with E-state index in [9.17, 15) is 0 Å². The third-order valence-corrected chi connectivity index (χ3v) is 23.8. The van der Waals surface area contributed by atoms with E-state index in [2.05, 4.69) is 382 Å². The highest BCUT2D eigenvalue weighted by Crippen LogP contribution is 2.52. The first-order valence-electron chi connectivity index (χ1n) is 33.2. The second kappa shape index (κ2) is 22.1. The molecule has 96 heavy (non-hydrogen) atoms. The molecule has 14 aromatic rings. The number of ether oxygens (including phenoxy) is 1. The smallest absolute Gasteiger partial charge is 0.256 e. The number of fused-ring (bicyclic) bond motifs is 10. The van der Waals surface area contributed by atoms with Gasteiger partial charge in [0.1, 0.15) is 19.6 Å². The van der Waals surface area contributed by atoms with Crippen LogP contribution < -0.4 is 77.3 Å². The quantitative estimate of drug-likeness (QED) is 0.126. The van der Waals surface area contributed by atoms with Gasteiger partial charge in [0.2, 0.25) is 0 Å². The molecule has 0 aromatic heterocycles. The first-order valence-corrected chi connectivity index (χ1v) is 36.2. The van der Waals surface area contributed by atoms with E-state index in [0.29, 0.717) is 0 Å². The summed E-state index contributed by atoms with van der Waals surface area (Å²) in [5.41, 5.74) is 26.9. The van der Waals surface area contributed by atoms with Gasteiger partial charge in [-0.1, -0.05) is 207 Å². The van der Waals surface area contributed by atoms with Crippen molar-refractivity contribution in [1.82, 2.24) is 0 Å². The van der Waals surface area contributed by atoms with Gasteiger partial charge in [-0.25, -0.2) is 0 Å². The van der Waals surface area contributed by atoms with Crippen LogP contribution in [0, 0.1) is 0 Å². The molecule has 0 fully saturated rings. The van der Waals surface area contributed by atoms with Crippen LogP contribution in [0.5, 0.6) is 11.5 Å². The molecular weight excluding hydrogens is 1180 g/mol. The van der Waals surface area contributed by atoms with Crippen LogP contribution in [0.3, 0.4) is 0 Å². The normalized spacial score (nSPS) is 13.8. The van der Waals surface area contributed by atoms with Crippen LogP contribution in [-0.2, 0) is 0 Å². The van der Waals surface area contributed by atoms with E-state index in [0.717, 1.165) is 108 Å². The Kier molecular flexibility index (Phi) is 12.8. The van der Waals surface area contributed by atoms with Crippen LogP contribution in [0.2, 0.25) is 13.1 Å². The number of hydrogen-bond donors (Lipinski definition) is 0. The van der Waals surface area contributed by atoms with Crippen LogP contribution in [0.1, 0.15) is 0 Å². The average Bonchev–Trinajstić information content (AvgIpc) is 0.688. The van der Waals surface area contributed by atoms with E-state index in [1.807, 2.05) is 0 Å². The Hall–Kier alpha value is -12.0. The Balaban J connectivity index is 0.932. The third kappa shape index (κ3) is 8.61. The Morgan fingerprint density at radius 1 is 0.250 bits per heavy atom. The fourth-order valence-corrected chi connectivity index (χ4v) is 19.2. The van der Waals surface area contributed by atoms with E-state index < -0.39 is 8.07 Å². The molecule has 0 spiro atoms. The largest absolute Gasteiger partial charge is 0.458 e. The molecule has 0 bridgehead atoms. The highest BCUT2D eigenvalue weighted by Gasteiger charge is 2.50. The van der Waals surface area contributed by atoms with Gasteiger partial charge < -0.3 is 34.1 Å². The van der Waals surface area contributed by atoms with Crippen LogP contribution >= 0.6 is 0 Å². The maximum absolute atomic E-state index is 7.81. The fourth-order valence-electron chi connectivity index (χ4n) is 16.2. The second-order valence-electron chi connectivity index (χ2n) is 26.0. The van der Waals surface area contributed by atoms with E-state index in [4.69, 9.17) is 4.74 Å². The SMILES string of the molecule is C[Si]1(C)c2ccccc2N(c2ccccc2)c2cc3c(cc21)B1c2cc4c(cc2N(c2ccccc2)c2cc(N(c5ccccc5)c5ccccc5)cc(c21)O3)N(c1ccccc1)c1cc(N(c2ccccc2)c2ccccc2)cc2c1B4c1ccccc1N2c1ccccc1. The third-order valence-electron chi connectivity index (χ3n) is 20.3. The van der Waals surface area contributed by atoms with Crippen molar-refractivity contribution in [2.45, 2.75) is 13.1 Å². The molecule has 5 aliphatic heterocycles. The number of para-hydroxylation sites is 10. The molecule has 0 unspecified atom stereocenters. The predicted octanol–water partition coefficient (Wildman–Crippen LogP) is 17.7. The molecule has 14 aromatic carbocycles. The van der Waals surface area contributed by atoms with Gasteiger partial charge in [-0.15, -0.1) is 0 Å². The number of benzene rings is 14. The summed E-state index contributed by atoms with van der Waals surface area (Å²) in [5.74, 6) is 1.69. The van der Waals surface area contributed by atoms with Gasteiger partial charge in [0, 0.05) is 103 Å². The maximum atomic E-state index is 7.81. The molecule has 0 saturated heterocycles. The molecule has 452 valence electrons. The van der Waals surface area contributed by atoms with Gasteiger partial charge in [-0.3, -0.25) is 0 Å². The Bertz CT molecular complexity index is 5270. The zero-order chi connectivity index (χ0) is 63.6. The minimum atomic E-state index is -2.44. The molecule has 0 radical (unpaired) electrons. The lowest BCUT2D eigenvalue weighted by Gasteiger charge is -2.47. The summed E-state index contributed by atoms with van der Waals surface area (Å²) in [6.45, 7) is 4.63. The van der Waals surface area contributed by atoms with Crippen LogP contribution in [0.15, 0.2) is 340 Å². The lowest BCUT2D eigenvalue weighted by Crippen LogP contribution is -2.65. The van der Waals surface area contributed by atoms with Crippen molar-refractivity contribution in [2.24, 2.45) is 0 Å². The first-order chi connectivity index (χ1) is 47.4. The van der Waals surface area contributed by atoms with E-state index >= 15 is 0 Å². The molecule has 0 atom stereocenters. The van der Waals surface area contributed by atoms with Gasteiger partial charge in [0.15, 0.2) is 0 Å². The Morgan fingerprint density at radius 3 is 1.08 bits per heavy atom. The highest BCUT2D eigenvalue weighted by molar-refractivity contribution is 7.05. The summed E-state index contributed by atoms with van der Waals surface area (Å²) in [6, 6.07) is 125. The van der Waals surface area contributed by atoms with Crippen molar-refractivity contribution in [3.63, 3.8) is 0 Å². The zero-order valence-corrected chi connectivity index (χ0v) is 54.1. The zero-order valence-electron chi connectivity index (χ0n) is 53.1. The maximum Gasteiger partial charge on any atom is 0.256 e. The average molecular weight is 1250 g/mol. The number of anilines is 18. The van der Waals surface area contributed by atoms with Gasteiger partial charge in [-0.2, -0.15) is 0 Å². The van der Waals surface area contributed by atoms with Crippen molar-refractivity contribution >= 4 is 167 Å². The summed E-state index contributed by atoms with van der Waals surface area (Å²) in [7, 11) is -2.44. The summed E-state index contributed by atoms with van der Waals surface area (Å²) in [4.78, 5) is 14.9. The van der Waals surface area contributed by atoms with E-state index in [1.165, 1.54) is 49.1 Å². The lowest BCUT2D eigenvalue weighted by molar-refractivity contribution is 0.488. The second-order valence-corrected chi connectivity index (χ2v) is 30.3. The monoisotopic (exact) mass is 1240 g/mol. The molecule has 0 N–H and O–H groups in total. The first kappa shape index (κ1) is 55.6. The standard InChI is InChI=1S/C86H62B2N6OSi/c1-96(2)83-50-30-29-49-74(83)92(64-41-21-8-22-42-64)77-58-81-72(56-84(77)96)88-71-55-70-75(57-76(71)94(66-45-25-10-26-46-66)80-53-68(54-82(95-81)86(80)88)90(61-35-15-5-16-36-61)62-37-17-6-18-38-62)93(65-43-23-9-24-44-65)79-52-67(89(59-31-11-3-12-32-59)60-33-13-4-14-34-60)51-78-85(79)87(70)69-47-27-28-48-73(69)91(78)63-39-19-7-20-40-63/h3-58H,1-2H3. The molecule has 19 rings (SSSR count). The molecule has 10 heteroatoms. The molecule has 5 heterocycles. The molecule has 5 aliphatic rings. The Labute approximate surface area is 562 Å². The lowest BCUT2D eigenvalue weighted by atomic mass is 9.30. The fraction of sp³-hybridized carbons (Fsp3) is 0.0233. The van der Waals surface area contributed by atoms with Crippen molar-refractivity contribution in [3.8, 4) is 11.5 Å². The van der Waals surface area contributed by atoms with Crippen molar-refractivity contribution in [1.29, 1.82) is 0 Å². The van der Waals surface area contributed by atoms with Crippen molar-refractivity contribution in [2.75, 3.05) is 29.4 Å². The summed E-state index contributed by atoms with van der Waals surface area (Å²) in [6.07, 6.45) is 0. The van der Waals surface area contributed by atoms with Gasteiger partial charge in [0.25, 0.3) is 13.4 Å². The van der Waals surface area contributed by atoms with Gasteiger partial charge in [0.05, 0.1) is 11.4 Å². The summed E-state index contributed by atoms with van der Waals surface area (Å²) >= 11 is 0.